The summed E-state index contributed by atoms with van der Waals surface area (Å²) in [5, 5.41) is 10.5. The number of benzene rings is 2. The van der Waals surface area contributed by atoms with E-state index in [4.69, 9.17) is 9.97 Å². The molecule has 0 atom stereocenters. The molecule has 0 fully saturated rings. The molecule has 30 heavy (non-hydrogen) atoms. The Bertz CT molecular complexity index is 1550. The van der Waals surface area contributed by atoms with Gasteiger partial charge in [0.1, 0.15) is 5.52 Å². The molecule has 0 spiro atoms. The molecule has 2 aromatic carbocycles. The first kappa shape index (κ1) is 17.7. The minimum atomic E-state index is -0.241. The Morgan fingerprint density at radius 3 is 2.67 bits per heavy atom. The van der Waals surface area contributed by atoms with E-state index in [0.717, 1.165) is 27.6 Å². The maximum Gasteiger partial charge on any atom is 0.249 e. The molecule has 0 saturated carbocycles. The van der Waals surface area contributed by atoms with Gasteiger partial charge in [-0.15, -0.1) is 0 Å². The van der Waals surface area contributed by atoms with Crippen molar-refractivity contribution in [3.05, 3.63) is 88.3 Å². The van der Waals surface area contributed by atoms with Gasteiger partial charge in [-0.3, -0.25) is 9.78 Å². The Morgan fingerprint density at radius 1 is 0.933 bits per heavy atom. The van der Waals surface area contributed by atoms with Crippen LogP contribution in [0.1, 0.15) is 11.1 Å². The molecular formula is C24H15N5O. The molecular weight excluding hydrogens is 374 g/mol. The molecule has 0 saturated heterocycles. The van der Waals surface area contributed by atoms with E-state index in [9.17, 15) is 10.1 Å². The van der Waals surface area contributed by atoms with Gasteiger partial charge in [0.25, 0.3) is 0 Å². The highest BCUT2D eigenvalue weighted by atomic mass is 16.1. The number of fused-ring (bicyclic) bond motifs is 2. The molecule has 5 aromatic rings. The van der Waals surface area contributed by atoms with Gasteiger partial charge in [0.15, 0.2) is 5.65 Å². The summed E-state index contributed by atoms with van der Waals surface area (Å²) in [6.07, 6.45) is 1.76. The van der Waals surface area contributed by atoms with Crippen LogP contribution in [-0.2, 0) is 0 Å². The van der Waals surface area contributed by atoms with E-state index in [1.54, 1.807) is 18.3 Å². The van der Waals surface area contributed by atoms with Crippen LogP contribution in [0.5, 0.6) is 0 Å². The number of hydrogen-bond acceptors (Lipinski definition) is 5. The lowest BCUT2D eigenvalue weighted by atomic mass is 9.96. The number of aromatic nitrogens is 4. The van der Waals surface area contributed by atoms with Crippen molar-refractivity contribution in [2.45, 2.75) is 6.92 Å². The summed E-state index contributed by atoms with van der Waals surface area (Å²) in [5.41, 5.74) is 6.01. The zero-order valence-corrected chi connectivity index (χ0v) is 16.0. The third kappa shape index (κ3) is 2.90. The van der Waals surface area contributed by atoms with Crippen LogP contribution in [0, 0.1) is 18.3 Å². The predicted octanol–water partition coefficient (Wildman–Crippen LogP) is 4.38. The summed E-state index contributed by atoms with van der Waals surface area (Å²) in [7, 11) is 0. The minimum Gasteiger partial charge on any atom is -0.305 e. The molecule has 3 aromatic heterocycles. The summed E-state index contributed by atoms with van der Waals surface area (Å²) in [4.78, 5) is 28.5. The van der Waals surface area contributed by atoms with Crippen molar-refractivity contribution >= 4 is 22.1 Å². The summed E-state index contributed by atoms with van der Waals surface area (Å²) in [6, 6.07) is 20.7. The lowest BCUT2D eigenvalue weighted by molar-refractivity contribution is 1.19. The van der Waals surface area contributed by atoms with Crippen molar-refractivity contribution in [1.29, 1.82) is 5.26 Å². The van der Waals surface area contributed by atoms with Gasteiger partial charge in [0, 0.05) is 28.8 Å². The minimum absolute atomic E-state index is 0.241. The van der Waals surface area contributed by atoms with Gasteiger partial charge in [0.2, 0.25) is 5.56 Å². The fourth-order valence-electron chi connectivity index (χ4n) is 3.59. The Labute approximate surface area is 171 Å². The van der Waals surface area contributed by atoms with E-state index in [-0.39, 0.29) is 5.56 Å². The van der Waals surface area contributed by atoms with Crippen molar-refractivity contribution in [2.75, 3.05) is 0 Å². The molecule has 142 valence electrons. The van der Waals surface area contributed by atoms with Crippen LogP contribution in [-0.4, -0.2) is 19.9 Å². The van der Waals surface area contributed by atoms with Crippen molar-refractivity contribution in [2.24, 2.45) is 0 Å². The Kier molecular flexibility index (Phi) is 4.08. The number of pyridine rings is 2. The van der Waals surface area contributed by atoms with Gasteiger partial charge in [0.05, 0.1) is 28.5 Å². The lowest BCUT2D eigenvalue weighted by Gasteiger charge is -2.13. The Hall–Kier alpha value is -4.37. The molecule has 3 heterocycles. The van der Waals surface area contributed by atoms with Crippen molar-refractivity contribution < 1.29 is 0 Å². The second-order valence-corrected chi connectivity index (χ2v) is 6.98. The molecule has 0 aliphatic rings. The topological polar surface area (TPSA) is 95.3 Å². The van der Waals surface area contributed by atoms with Gasteiger partial charge in [-0.05, 0) is 42.8 Å². The van der Waals surface area contributed by atoms with Gasteiger partial charge < -0.3 is 4.98 Å². The van der Waals surface area contributed by atoms with E-state index < -0.39 is 0 Å². The van der Waals surface area contributed by atoms with Gasteiger partial charge in [-0.1, -0.05) is 24.3 Å². The number of aromatic amines is 1. The smallest absolute Gasteiger partial charge is 0.249 e. The Balaban J connectivity index is 1.86. The fourth-order valence-corrected chi connectivity index (χ4v) is 3.59. The molecule has 0 aliphatic heterocycles. The fraction of sp³-hybridized carbons (Fsp3) is 0.0417. The highest BCUT2D eigenvalue weighted by Gasteiger charge is 2.17. The molecule has 0 aliphatic carbocycles. The molecule has 6 nitrogen and oxygen atoms in total. The van der Waals surface area contributed by atoms with Gasteiger partial charge >= 0.3 is 0 Å². The molecule has 0 amide bonds. The second-order valence-electron chi connectivity index (χ2n) is 6.98. The van der Waals surface area contributed by atoms with E-state index in [1.807, 2.05) is 49.4 Å². The zero-order chi connectivity index (χ0) is 20.7. The first-order valence-electron chi connectivity index (χ1n) is 9.40. The van der Waals surface area contributed by atoms with Crippen molar-refractivity contribution in [3.63, 3.8) is 0 Å². The number of nitrogens with zero attached hydrogens (tertiary/aromatic N) is 4. The van der Waals surface area contributed by atoms with E-state index >= 15 is 0 Å². The van der Waals surface area contributed by atoms with Crippen molar-refractivity contribution in [1.82, 2.24) is 19.9 Å². The average Bonchev–Trinajstić information content (AvgIpc) is 2.78. The van der Waals surface area contributed by atoms with Gasteiger partial charge in [-0.2, -0.15) is 5.26 Å². The summed E-state index contributed by atoms with van der Waals surface area (Å²) >= 11 is 0. The second kappa shape index (κ2) is 6.90. The molecule has 6 heteroatoms. The van der Waals surface area contributed by atoms with Crippen LogP contribution in [0.2, 0.25) is 0 Å². The maximum absolute atomic E-state index is 11.8. The van der Waals surface area contributed by atoms with E-state index in [0.29, 0.717) is 28.1 Å². The van der Waals surface area contributed by atoms with Crippen LogP contribution >= 0.6 is 0 Å². The molecule has 5 rings (SSSR count). The number of nitriles is 1. The predicted molar refractivity (Wildman–Crippen MR) is 116 cm³/mol. The number of nitrogens with one attached hydrogen (secondary N) is 1. The largest absolute Gasteiger partial charge is 0.305 e. The number of hydrogen-bond donors (Lipinski definition) is 1. The van der Waals surface area contributed by atoms with Gasteiger partial charge in [-0.25, -0.2) is 9.97 Å². The first-order chi connectivity index (χ1) is 14.6. The number of H-pyrrole nitrogens is 1. The maximum atomic E-state index is 11.8. The van der Waals surface area contributed by atoms with Crippen LogP contribution in [0.3, 0.4) is 0 Å². The molecule has 1 N–H and O–H groups in total. The number of rotatable bonds is 2. The lowest BCUT2D eigenvalue weighted by Crippen LogP contribution is -2.06. The summed E-state index contributed by atoms with van der Waals surface area (Å²) < 4.78 is 0. The van der Waals surface area contributed by atoms with Crippen LogP contribution < -0.4 is 5.56 Å². The highest BCUT2D eigenvalue weighted by Crippen LogP contribution is 2.34. The standard InChI is InChI=1S/C24H15N5O/c1-14-17(13-25)4-2-6-18(14)23-22(27-20-9-10-21(30)28-24(20)29-23)16-7-8-19-15(12-16)5-3-11-26-19/h2-12H,1H3,(H,28,29,30). The molecule has 0 unspecified atom stereocenters. The third-order valence-corrected chi connectivity index (χ3v) is 5.14. The quantitative estimate of drug-likeness (QED) is 0.483. The summed E-state index contributed by atoms with van der Waals surface area (Å²) in [6.45, 7) is 1.89. The van der Waals surface area contributed by atoms with Crippen LogP contribution in [0.25, 0.3) is 44.6 Å². The summed E-state index contributed by atoms with van der Waals surface area (Å²) in [5.74, 6) is 0. The van der Waals surface area contributed by atoms with E-state index in [1.165, 1.54) is 6.07 Å². The normalized spacial score (nSPS) is 10.9. The molecule has 0 bridgehead atoms. The monoisotopic (exact) mass is 389 g/mol. The zero-order valence-electron chi connectivity index (χ0n) is 16.0. The van der Waals surface area contributed by atoms with Crippen LogP contribution in [0.4, 0.5) is 0 Å². The highest BCUT2D eigenvalue weighted by molar-refractivity contribution is 5.90. The van der Waals surface area contributed by atoms with E-state index in [2.05, 4.69) is 16.0 Å². The Morgan fingerprint density at radius 2 is 1.80 bits per heavy atom. The van der Waals surface area contributed by atoms with Crippen molar-refractivity contribution in [3.8, 4) is 28.6 Å². The van der Waals surface area contributed by atoms with Crippen LogP contribution in [0.15, 0.2) is 71.7 Å². The SMILES string of the molecule is Cc1c(C#N)cccc1-c1nc2[nH]c(=O)ccc2nc1-c1ccc2ncccc2c1. The molecule has 0 radical (unpaired) electrons. The average molecular weight is 389 g/mol. The third-order valence-electron chi connectivity index (χ3n) is 5.14. The first-order valence-corrected chi connectivity index (χ1v) is 9.40.